The number of halogens is 1. The second-order valence-electron chi connectivity index (χ2n) is 9.97. The molecule has 0 unspecified atom stereocenters. The van der Waals surface area contributed by atoms with Gasteiger partial charge in [0, 0.05) is 23.3 Å². The van der Waals surface area contributed by atoms with Crippen LogP contribution in [0, 0.1) is 0 Å². The quantitative estimate of drug-likeness (QED) is 0.481. The summed E-state index contributed by atoms with van der Waals surface area (Å²) in [5, 5.41) is 3.99. The van der Waals surface area contributed by atoms with Gasteiger partial charge in [0.2, 0.25) is 5.91 Å². The molecule has 1 saturated carbocycles. The average molecular weight is 490 g/mol. The molecule has 0 saturated heterocycles. The molecule has 2 amide bonds. The Labute approximate surface area is 212 Å². The van der Waals surface area contributed by atoms with Crippen molar-refractivity contribution in [2.24, 2.45) is 0 Å². The van der Waals surface area contributed by atoms with Gasteiger partial charge in [0.1, 0.15) is 11.2 Å². The van der Waals surface area contributed by atoms with E-state index in [0.717, 1.165) is 42.5 Å². The highest BCUT2D eigenvalue weighted by molar-refractivity contribution is 6.30. The van der Waals surface area contributed by atoms with E-state index in [1.165, 1.54) is 6.42 Å². The summed E-state index contributed by atoms with van der Waals surface area (Å²) in [6, 6.07) is 21.8. The van der Waals surface area contributed by atoms with E-state index >= 15 is 0 Å². The van der Waals surface area contributed by atoms with Crippen molar-refractivity contribution in [1.82, 2.24) is 14.8 Å². The second-order valence-corrected chi connectivity index (χ2v) is 10.4. The largest absolute Gasteiger partial charge is 0.351 e. The zero-order valence-electron chi connectivity index (χ0n) is 20.2. The Hall–Kier alpha value is -3.05. The number of fused-ring (bicyclic) bond motifs is 1. The average Bonchev–Trinajstić information content (AvgIpc) is 3.30. The molecule has 0 radical (unpaired) electrons. The molecule has 5 rings (SSSR count). The third-order valence-electron chi connectivity index (χ3n) is 7.54. The first-order valence-electron chi connectivity index (χ1n) is 12.6. The van der Waals surface area contributed by atoms with Crippen molar-refractivity contribution < 1.29 is 9.59 Å². The topological polar surface area (TPSA) is 54.3 Å². The van der Waals surface area contributed by atoms with E-state index in [1.807, 2.05) is 78.2 Å². The Morgan fingerprint density at radius 2 is 1.66 bits per heavy atom. The minimum absolute atomic E-state index is 0.0628. The molecule has 2 heterocycles. The molecule has 182 valence electrons. The summed E-state index contributed by atoms with van der Waals surface area (Å²) in [5.74, 6) is -0.166. The normalized spacial score (nSPS) is 20.5. The number of nitrogens with one attached hydrogen (secondary N) is 1. The predicted octanol–water partition coefficient (Wildman–Crippen LogP) is 5.71. The minimum atomic E-state index is -0.990. The fourth-order valence-corrected chi connectivity index (χ4v) is 5.59. The number of aromatic nitrogens is 1. The third-order valence-corrected chi connectivity index (χ3v) is 7.80. The van der Waals surface area contributed by atoms with Gasteiger partial charge >= 0.3 is 0 Å². The fraction of sp³-hybridized carbons (Fsp3) is 0.379. The maximum Gasteiger partial charge on any atom is 0.271 e. The van der Waals surface area contributed by atoms with Crippen LogP contribution in [0.2, 0.25) is 5.02 Å². The molecule has 0 bridgehead atoms. The van der Waals surface area contributed by atoms with E-state index in [0.29, 0.717) is 30.2 Å². The SMILES string of the molecule is C[C@]1(C(=O)NC2CCCCC2)Cn2c(ccc2-c2ccccc2)C(=O)N1CCc1ccc(Cl)cc1. The first-order chi connectivity index (χ1) is 17.0. The van der Waals surface area contributed by atoms with Gasteiger partial charge in [0.05, 0.1) is 6.54 Å². The second kappa shape index (κ2) is 9.90. The van der Waals surface area contributed by atoms with Crippen molar-refractivity contribution in [3.8, 4) is 11.3 Å². The Morgan fingerprint density at radius 1 is 0.971 bits per heavy atom. The summed E-state index contributed by atoms with van der Waals surface area (Å²) in [7, 11) is 0. The van der Waals surface area contributed by atoms with Crippen molar-refractivity contribution >= 4 is 23.4 Å². The molecular formula is C29H32ClN3O2. The lowest BCUT2D eigenvalue weighted by molar-refractivity contribution is -0.133. The molecule has 35 heavy (non-hydrogen) atoms. The highest BCUT2D eigenvalue weighted by Gasteiger charge is 2.48. The van der Waals surface area contributed by atoms with Crippen LogP contribution < -0.4 is 5.32 Å². The van der Waals surface area contributed by atoms with Crippen LogP contribution >= 0.6 is 11.6 Å². The molecule has 1 N–H and O–H groups in total. The summed E-state index contributed by atoms with van der Waals surface area (Å²) in [6.45, 7) is 2.80. The highest BCUT2D eigenvalue weighted by Crippen LogP contribution is 2.34. The van der Waals surface area contributed by atoms with Gasteiger partial charge in [-0.25, -0.2) is 0 Å². The van der Waals surface area contributed by atoms with E-state index in [1.54, 1.807) is 4.90 Å². The zero-order chi connectivity index (χ0) is 24.4. The fourth-order valence-electron chi connectivity index (χ4n) is 5.46. The summed E-state index contributed by atoms with van der Waals surface area (Å²) < 4.78 is 2.02. The van der Waals surface area contributed by atoms with E-state index < -0.39 is 5.54 Å². The van der Waals surface area contributed by atoms with Crippen LogP contribution in [0.5, 0.6) is 0 Å². The van der Waals surface area contributed by atoms with Crippen molar-refractivity contribution in [3.05, 3.63) is 83.0 Å². The number of nitrogens with zero attached hydrogens (tertiary/aromatic N) is 2. The van der Waals surface area contributed by atoms with Crippen LogP contribution in [0.15, 0.2) is 66.7 Å². The van der Waals surface area contributed by atoms with E-state index in [2.05, 4.69) is 5.32 Å². The van der Waals surface area contributed by atoms with Gasteiger partial charge in [0.25, 0.3) is 5.91 Å². The summed E-state index contributed by atoms with van der Waals surface area (Å²) in [4.78, 5) is 29.5. The number of carbonyl (C=O) groups is 2. The number of carbonyl (C=O) groups excluding carboxylic acids is 2. The molecule has 1 aromatic heterocycles. The monoisotopic (exact) mass is 489 g/mol. The Balaban J connectivity index is 1.48. The van der Waals surface area contributed by atoms with Crippen LogP contribution in [0.25, 0.3) is 11.3 Å². The van der Waals surface area contributed by atoms with Gasteiger partial charge < -0.3 is 14.8 Å². The van der Waals surface area contributed by atoms with Gasteiger partial charge in [-0.1, -0.05) is 73.3 Å². The van der Waals surface area contributed by atoms with Crippen molar-refractivity contribution in [2.45, 2.75) is 63.6 Å². The molecule has 1 aliphatic carbocycles. The van der Waals surface area contributed by atoms with Gasteiger partial charge in [-0.3, -0.25) is 9.59 Å². The minimum Gasteiger partial charge on any atom is -0.351 e. The summed E-state index contributed by atoms with van der Waals surface area (Å²) >= 11 is 6.05. The predicted molar refractivity (Wildman–Crippen MR) is 139 cm³/mol. The zero-order valence-corrected chi connectivity index (χ0v) is 20.9. The van der Waals surface area contributed by atoms with Crippen LogP contribution in [0.1, 0.15) is 55.1 Å². The van der Waals surface area contributed by atoms with Crippen LogP contribution in [-0.2, 0) is 17.8 Å². The maximum absolute atomic E-state index is 13.9. The standard InChI is InChI=1S/C29H32ClN3O2/c1-29(28(35)31-24-10-6-3-7-11-24)20-32-25(22-8-4-2-5-9-22)16-17-26(32)27(34)33(29)19-18-21-12-14-23(30)15-13-21/h2,4-5,8-9,12-17,24H,3,6-7,10-11,18-20H2,1H3,(H,31,35)/t29-/m1/s1. The Bertz CT molecular complexity index is 1200. The number of benzene rings is 2. The van der Waals surface area contributed by atoms with E-state index in [4.69, 9.17) is 11.6 Å². The first-order valence-corrected chi connectivity index (χ1v) is 13.0. The molecular weight excluding hydrogens is 458 g/mol. The third kappa shape index (κ3) is 4.74. The van der Waals surface area contributed by atoms with Gasteiger partial charge in [0.15, 0.2) is 0 Å². The molecule has 5 nitrogen and oxygen atoms in total. The smallest absolute Gasteiger partial charge is 0.271 e. The number of amides is 2. The van der Waals surface area contributed by atoms with E-state index in [9.17, 15) is 9.59 Å². The van der Waals surface area contributed by atoms with Crippen LogP contribution in [-0.4, -0.2) is 39.4 Å². The molecule has 2 aromatic carbocycles. The Morgan fingerprint density at radius 3 is 2.37 bits per heavy atom. The van der Waals surface area contributed by atoms with Gasteiger partial charge in [-0.05, 0) is 61.6 Å². The van der Waals surface area contributed by atoms with E-state index in [-0.39, 0.29) is 17.9 Å². The van der Waals surface area contributed by atoms with Crippen LogP contribution in [0.3, 0.4) is 0 Å². The van der Waals surface area contributed by atoms with Crippen molar-refractivity contribution in [3.63, 3.8) is 0 Å². The number of rotatable bonds is 6. The Kier molecular flexibility index (Phi) is 6.70. The molecule has 2 aliphatic rings. The van der Waals surface area contributed by atoms with Gasteiger partial charge in [-0.2, -0.15) is 0 Å². The molecule has 1 fully saturated rings. The number of hydrogen-bond acceptors (Lipinski definition) is 2. The molecule has 1 aliphatic heterocycles. The van der Waals surface area contributed by atoms with Crippen molar-refractivity contribution in [2.75, 3.05) is 6.54 Å². The maximum atomic E-state index is 13.9. The first kappa shape index (κ1) is 23.7. The lowest BCUT2D eigenvalue weighted by Gasteiger charge is -2.45. The van der Waals surface area contributed by atoms with Gasteiger partial charge in [-0.15, -0.1) is 0 Å². The summed E-state index contributed by atoms with van der Waals surface area (Å²) in [6.07, 6.45) is 6.17. The lowest BCUT2D eigenvalue weighted by Crippen LogP contribution is -2.65. The molecule has 3 aromatic rings. The summed E-state index contributed by atoms with van der Waals surface area (Å²) in [5.41, 5.74) is 2.72. The van der Waals surface area contributed by atoms with Crippen molar-refractivity contribution in [1.29, 1.82) is 0 Å². The molecule has 1 atom stereocenters. The lowest BCUT2D eigenvalue weighted by atomic mass is 9.91. The van der Waals surface area contributed by atoms with Crippen LogP contribution in [0.4, 0.5) is 0 Å². The number of hydrogen-bond donors (Lipinski definition) is 1. The molecule has 6 heteroatoms. The molecule has 0 spiro atoms. The highest BCUT2D eigenvalue weighted by atomic mass is 35.5.